The molecular formula is C24H29N5O. The van der Waals surface area contributed by atoms with Gasteiger partial charge in [-0.2, -0.15) is 0 Å². The monoisotopic (exact) mass is 403 g/mol. The van der Waals surface area contributed by atoms with Gasteiger partial charge in [-0.15, -0.1) is 0 Å². The van der Waals surface area contributed by atoms with Gasteiger partial charge in [-0.3, -0.25) is 15.4 Å². The molecule has 1 aromatic carbocycles. The summed E-state index contributed by atoms with van der Waals surface area (Å²) in [4.78, 5) is 8.64. The number of allylic oxidation sites excluding steroid dienone is 1. The average molecular weight is 404 g/mol. The normalized spacial score (nSPS) is 11.9. The van der Waals surface area contributed by atoms with Crippen molar-refractivity contribution in [2.24, 2.45) is 10.7 Å². The molecule has 30 heavy (non-hydrogen) atoms. The summed E-state index contributed by atoms with van der Waals surface area (Å²) < 4.78 is 4.94. The highest BCUT2D eigenvalue weighted by Crippen LogP contribution is 2.18. The smallest absolute Gasteiger partial charge is 0.186 e. The maximum atomic E-state index is 7.62. The fraction of sp³-hybridized carbons (Fsp3) is 0.208. The highest BCUT2D eigenvalue weighted by molar-refractivity contribution is 6.10. The van der Waals surface area contributed by atoms with Gasteiger partial charge in [0, 0.05) is 60.3 Å². The quantitative estimate of drug-likeness (QED) is 0.295. The molecule has 2 aromatic rings. The molecule has 0 aliphatic rings. The Hall–Kier alpha value is -3.67. The number of hydrogen-bond acceptors (Lipinski definition) is 6. The first-order chi connectivity index (χ1) is 14.5. The van der Waals surface area contributed by atoms with Crippen molar-refractivity contribution < 1.29 is 4.74 Å². The zero-order valence-corrected chi connectivity index (χ0v) is 17.5. The summed E-state index contributed by atoms with van der Waals surface area (Å²) >= 11 is 0. The molecule has 4 N–H and O–H groups in total. The van der Waals surface area contributed by atoms with Gasteiger partial charge >= 0.3 is 0 Å². The van der Waals surface area contributed by atoms with E-state index in [-0.39, 0.29) is 11.9 Å². The van der Waals surface area contributed by atoms with E-state index in [4.69, 9.17) is 15.9 Å². The van der Waals surface area contributed by atoms with Crippen LogP contribution in [0.25, 0.3) is 11.6 Å². The maximum absolute atomic E-state index is 7.62. The van der Waals surface area contributed by atoms with E-state index in [1.807, 2.05) is 56.5 Å². The van der Waals surface area contributed by atoms with Crippen LogP contribution < -0.4 is 11.1 Å². The summed E-state index contributed by atoms with van der Waals surface area (Å²) in [5, 5.41) is 10.9. The van der Waals surface area contributed by atoms with Crippen LogP contribution in [0.15, 0.2) is 73.0 Å². The lowest BCUT2D eigenvalue weighted by molar-refractivity contribution is 0.453. The molecule has 2 rings (SSSR count). The second kappa shape index (κ2) is 12.0. The molecular weight excluding hydrogens is 374 g/mol. The van der Waals surface area contributed by atoms with E-state index in [1.54, 1.807) is 24.8 Å². The van der Waals surface area contributed by atoms with Gasteiger partial charge in [0.2, 0.25) is 0 Å². The lowest BCUT2D eigenvalue weighted by Crippen LogP contribution is -2.00. The Labute approximate surface area is 178 Å². The van der Waals surface area contributed by atoms with Crippen molar-refractivity contribution in [1.82, 2.24) is 4.98 Å². The minimum Gasteiger partial charge on any atom is -0.452 e. The topological polar surface area (TPSA) is 96.4 Å². The van der Waals surface area contributed by atoms with Crippen molar-refractivity contribution in [2.45, 2.75) is 32.7 Å². The number of anilines is 1. The molecule has 0 spiro atoms. The van der Waals surface area contributed by atoms with Crippen molar-refractivity contribution in [3.8, 4) is 0 Å². The largest absolute Gasteiger partial charge is 0.452 e. The molecule has 0 aliphatic carbocycles. The number of aryl methyl sites for hydroxylation is 1. The van der Waals surface area contributed by atoms with Crippen LogP contribution in [-0.4, -0.2) is 23.1 Å². The van der Waals surface area contributed by atoms with Gasteiger partial charge in [0.15, 0.2) is 5.90 Å². The predicted octanol–water partition coefficient (Wildman–Crippen LogP) is 5.01. The number of pyridine rings is 1. The molecule has 156 valence electrons. The van der Waals surface area contributed by atoms with E-state index in [1.165, 1.54) is 6.26 Å². The predicted molar refractivity (Wildman–Crippen MR) is 126 cm³/mol. The van der Waals surface area contributed by atoms with Crippen LogP contribution in [0.3, 0.4) is 0 Å². The van der Waals surface area contributed by atoms with Crippen molar-refractivity contribution in [1.29, 1.82) is 5.41 Å². The van der Waals surface area contributed by atoms with E-state index >= 15 is 0 Å². The third-order valence-corrected chi connectivity index (χ3v) is 4.19. The maximum Gasteiger partial charge on any atom is 0.186 e. The first kappa shape index (κ1) is 22.6. The zero-order valence-electron chi connectivity index (χ0n) is 17.5. The van der Waals surface area contributed by atoms with E-state index in [9.17, 15) is 0 Å². The molecule has 0 amide bonds. The molecule has 0 atom stereocenters. The molecule has 1 heterocycles. The second-order valence-electron chi connectivity index (χ2n) is 6.84. The van der Waals surface area contributed by atoms with Crippen molar-refractivity contribution >= 4 is 29.4 Å². The fourth-order valence-corrected chi connectivity index (χ4v) is 2.65. The molecule has 0 aliphatic heterocycles. The highest BCUT2D eigenvalue weighted by atomic mass is 16.5. The average Bonchev–Trinajstić information content (AvgIpc) is 2.74. The summed E-state index contributed by atoms with van der Waals surface area (Å²) in [5.41, 5.74) is 10.7. The third-order valence-electron chi connectivity index (χ3n) is 4.19. The molecule has 0 saturated carbocycles. The summed E-state index contributed by atoms with van der Waals surface area (Å²) in [6, 6.07) is 10.2. The van der Waals surface area contributed by atoms with E-state index in [2.05, 4.69) is 21.9 Å². The SMILES string of the molecule is C=COC(=N)CCc1ccc(N/C=C/c2cnccc2C(C=NC(C)C)=CN)cc1. The molecule has 0 fully saturated rings. The Bertz CT molecular complexity index is 927. The molecule has 6 nitrogen and oxygen atoms in total. The van der Waals surface area contributed by atoms with E-state index < -0.39 is 0 Å². The lowest BCUT2D eigenvalue weighted by atomic mass is 10.0. The molecule has 0 unspecified atom stereocenters. The van der Waals surface area contributed by atoms with Crippen molar-refractivity contribution in [2.75, 3.05) is 5.32 Å². The number of ether oxygens (including phenoxy) is 1. The van der Waals surface area contributed by atoms with Gasteiger partial charge < -0.3 is 15.8 Å². The van der Waals surface area contributed by atoms with Crippen LogP contribution >= 0.6 is 0 Å². The van der Waals surface area contributed by atoms with Gasteiger partial charge in [0.25, 0.3) is 0 Å². The minimum absolute atomic E-state index is 0.200. The molecule has 0 bridgehead atoms. The van der Waals surface area contributed by atoms with Crippen LogP contribution in [0, 0.1) is 5.41 Å². The molecule has 0 saturated heterocycles. The van der Waals surface area contributed by atoms with E-state index in [0.29, 0.717) is 6.42 Å². The van der Waals surface area contributed by atoms with Crippen LogP contribution in [0.5, 0.6) is 0 Å². The first-order valence-electron chi connectivity index (χ1n) is 9.80. The van der Waals surface area contributed by atoms with Crippen LogP contribution in [0.2, 0.25) is 0 Å². The number of nitrogens with zero attached hydrogens (tertiary/aromatic N) is 2. The van der Waals surface area contributed by atoms with Crippen molar-refractivity contribution in [3.63, 3.8) is 0 Å². The highest BCUT2D eigenvalue weighted by Gasteiger charge is 2.04. The van der Waals surface area contributed by atoms with Gasteiger partial charge in [-0.25, -0.2) is 0 Å². The standard InChI is InChI=1S/C24H29N5O/c1-4-30-24(26)10-7-19-5-8-22(9-6-19)28-14-11-20-16-27-13-12-23(20)21(15-25)17-29-18(2)3/h4-6,8-9,11-18,26,28H,1,7,10,25H2,2-3H3/b14-11+,21-15?,26-24?,29-17?. The van der Waals surface area contributed by atoms with Gasteiger partial charge in [-0.05, 0) is 55.7 Å². The van der Waals surface area contributed by atoms with Crippen molar-refractivity contribution in [3.05, 3.63) is 84.7 Å². The summed E-state index contributed by atoms with van der Waals surface area (Å²) in [6.07, 6.45) is 13.3. The number of aromatic nitrogens is 1. The first-order valence-corrected chi connectivity index (χ1v) is 9.80. The van der Waals surface area contributed by atoms with Gasteiger partial charge in [0.05, 0.1) is 6.26 Å². The number of rotatable bonds is 10. The number of hydrogen-bond donors (Lipinski definition) is 3. The Morgan fingerprint density at radius 2 is 2.07 bits per heavy atom. The fourth-order valence-electron chi connectivity index (χ4n) is 2.65. The Kier molecular flexibility index (Phi) is 9.06. The molecule has 6 heteroatoms. The third kappa shape index (κ3) is 7.39. The van der Waals surface area contributed by atoms with Crippen LogP contribution in [0.1, 0.15) is 37.0 Å². The summed E-state index contributed by atoms with van der Waals surface area (Å²) in [7, 11) is 0. The number of benzene rings is 1. The number of nitrogens with two attached hydrogens (primary N) is 1. The zero-order chi connectivity index (χ0) is 21.8. The van der Waals surface area contributed by atoms with Crippen LogP contribution in [0.4, 0.5) is 5.69 Å². The van der Waals surface area contributed by atoms with Gasteiger partial charge in [-0.1, -0.05) is 18.7 Å². The lowest BCUT2D eigenvalue weighted by Gasteiger charge is -2.07. The minimum atomic E-state index is 0.200. The molecule has 1 aromatic heterocycles. The summed E-state index contributed by atoms with van der Waals surface area (Å²) in [5.74, 6) is 0.215. The van der Waals surface area contributed by atoms with Gasteiger partial charge in [0.1, 0.15) is 0 Å². The number of nitrogens with one attached hydrogen (secondary N) is 2. The second-order valence-corrected chi connectivity index (χ2v) is 6.84. The van der Waals surface area contributed by atoms with E-state index in [0.717, 1.165) is 34.4 Å². The Morgan fingerprint density at radius 1 is 1.30 bits per heavy atom. The molecule has 0 radical (unpaired) electrons. The van der Waals surface area contributed by atoms with Crippen LogP contribution in [-0.2, 0) is 11.2 Å². The Morgan fingerprint density at radius 3 is 2.73 bits per heavy atom. The summed E-state index contributed by atoms with van der Waals surface area (Å²) in [6.45, 7) is 7.50. The Balaban J connectivity index is 2.02. The number of aliphatic imine (C=N–C) groups is 1.